The largest absolute Gasteiger partial charge is 0.462 e. The molecule has 1 saturated heterocycles. The number of hydrogen-bond donors (Lipinski definition) is 3. The summed E-state index contributed by atoms with van der Waals surface area (Å²) in [6.45, 7) is 15.1. The molecule has 2 unspecified atom stereocenters. The van der Waals surface area contributed by atoms with Crippen LogP contribution in [0.5, 0.6) is 0 Å². The molecule has 5 saturated carbocycles. The SMILES string of the molecule is CO[C@@H]1O[C@@H](C(O)C(C)(CO)OC)C[C@H]1[C@@H]1CC[C@]23C[C@]12CC[C@@H]1[C@@]2(C)CC[C@@H](OC(=O)CC(C)C)C(C)(C)[C@@H]2C[C@@H](O)[C@]13C. The van der Waals surface area contributed by atoms with E-state index in [-0.39, 0.29) is 63.5 Å². The molecule has 3 N–H and O–H groups in total. The molecule has 6 aliphatic rings. The van der Waals surface area contributed by atoms with Gasteiger partial charge < -0.3 is 34.3 Å². The molecule has 14 atom stereocenters. The fourth-order valence-electron chi connectivity index (χ4n) is 13.2. The first-order valence-electron chi connectivity index (χ1n) is 17.9. The summed E-state index contributed by atoms with van der Waals surface area (Å²) in [6.07, 6.45) is 7.09. The van der Waals surface area contributed by atoms with E-state index in [4.69, 9.17) is 18.9 Å². The summed E-state index contributed by atoms with van der Waals surface area (Å²) >= 11 is 0. The van der Waals surface area contributed by atoms with Crippen molar-refractivity contribution < 1.29 is 39.1 Å². The first-order chi connectivity index (χ1) is 21.0. The average Bonchev–Trinajstić information content (AvgIpc) is 3.31. The summed E-state index contributed by atoms with van der Waals surface area (Å²) in [4.78, 5) is 12.8. The van der Waals surface area contributed by atoms with Gasteiger partial charge in [0.25, 0.3) is 0 Å². The van der Waals surface area contributed by atoms with Gasteiger partial charge in [-0.05, 0) is 105 Å². The predicted octanol–water partition coefficient (Wildman–Crippen LogP) is 5.49. The van der Waals surface area contributed by atoms with Gasteiger partial charge >= 0.3 is 5.97 Å². The van der Waals surface area contributed by atoms with Gasteiger partial charge in [0, 0.05) is 37.4 Å². The lowest BCUT2D eigenvalue weighted by Crippen LogP contribution is -2.66. The Balaban J connectivity index is 1.24. The third-order valence-corrected chi connectivity index (χ3v) is 15.6. The number of esters is 1. The highest BCUT2D eigenvalue weighted by Crippen LogP contribution is 2.91. The second-order valence-corrected chi connectivity index (χ2v) is 18.0. The van der Waals surface area contributed by atoms with Gasteiger partial charge in [0.1, 0.15) is 17.8 Å². The molecule has 6 rings (SSSR count). The van der Waals surface area contributed by atoms with E-state index in [0.717, 1.165) is 51.4 Å². The highest BCUT2D eigenvalue weighted by atomic mass is 16.7. The second-order valence-electron chi connectivity index (χ2n) is 18.0. The van der Waals surface area contributed by atoms with Gasteiger partial charge in [-0.15, -0.1) is 0 Å². The average molecular weight is 635 g/mol. The zero-order valence-electron chi connectivity index (χ0n) is 29.4. The van der Waals surface area contributed by atoms with E-state index in [1.807, 2.05) is 0 Å². The van der Waals surface area contributed by atoms with Gasteiger partial charge in [-0.25, -0.2) is 0 Å². The van der Waals surface area contributed by atoms with Crippen LogP contribution < -0.4 is 0 Å². The molecule has 0 aromatic heterocycles. The first-order valence-corrected chi connectivity index (χ1v) is 17.9. The van der Waals surface area contributed by atoms with Crippen molar-refractivity contribution >= 4 is 5.97 Å². The summed E-state index contributed by atoms with van der Waals surface area (Å²) in [5, 5.41) is 33.6. The molecule has 0 aromatic rings. The molecular formula is C37H62O8. The molecule has 0 radical (unpaired) electrons. The number of fused-ring (bicyclic) bond motifs is 3. The van der Waals surface area contributed by atoms with Crippen LogP contribution in [0.15, 0.2) is 0 Å². The summed E-state index contributed by atoms with van der Waals surface area (Å²) in [5.41, 5.74) is -1.13. The number of carbonyl (C=O) groups excluding carboxylic acids is 1. The van der Waals surface area contributed by atoms with E-state index in [1.165, 1.54) is 7.11 Å². The van der Waals surface area contributed by atoms with E-state index in [1.54, 1.807) is 14.0 Å². The number of rotatable bonds is 9. The molecular weight excluding hydrogens is 572 g/mol. The van der Waals surface area contributed by atoms with E-state index < -0.39 is 30.2 Å². The molecule has 0 amide bonds. The minimum atomic E-state index is -1.10. The van der Waals surface area contributed by atoms with Crippen molar-refractivity contribution in [2.24, 2.45) is 56.7 Å². The molecule has 8 heteroatoms. The van der Waals surface area contributed by atoms with Crippen molar-refractivity contribution in [1.29, 1.82) is 0 Å². The van der Waals surface area contributed by atoms with Gasteiger partial charge in [0.15, 0.2) is 6.29 Å². The van der Waals surface area contributed by atoms with E-state index in [2.05, 4.69) is 41.5 Å². The van der Waals surface area contributed by atoms with Crippen LogP contribution >= 0.6 is 0 Å². The van der Waals surface area contributed by atoms with Crippen LogP contribution in [0.4, 0.5) is 0 Å². The third-order valence-electron chi connectivity index (χ3n) is 15.6. The topological polar surface area (TPSA) is 115 Å². The Morgan fingerprint density at radius 2 is 1.73 bits per heavy atom. The summed E-state index contributed by atoms with van der Waals surface area (Å²) in [7, 11) is 3.21. The molecule has 258 valence electrons. The van der Waals surface area contributed by atoms with Crippen molar-refractivity contribution in [1.82, 2.24) is 0 Å². The van der Waals surface area contributed by atoms with Crippen LogP contribution in [-0.2, 0) is 23.7 Å². The summed E-state index contributed by atoms with van der Waals surface area (Å²) in [6, 6.07) is 0. The van der Waals surface area contributed by atoms with Crippen LogP contribution in [0.2, 0.25) is 0 Å². The monoisotopic (exact) mass is 634 g/mol. The fraction of sp³-hybridized carbons (Fsp3) is 0.973. The molecule has 6 fully saturated rings. The van der Waals surface area contributed by atoms with Crippen molar-refractivity contribution in [3.8, 4) is 0 Å². The molecule has 5 aliphatic carbocycles. The van der Waals surface area contributed by atoms with Crippen LogP contribution in [0.3, 0.4) is 0 Å². The van der Waals surface area contributed by atoms with E-state index in [9.17, 15) is 20.1 Å². The first kappa shape index (κ1) is 34.1. The lowest BCUT2D eigenvalue weighted by Gasteiger charge is -2.68. The highest BCUT2D eigenvalue weighted by molar-refractivity contribution is 5.69. The normalized spacial score (nSPS) is 50.2. The molecule has 0 bridgehead atoms. The van der Waals surface area contributed by atoms with Gasteiger partial charge in [-0.2, -0.15) is 0 Å². The lowest BCUT2D eigenvalue weighted by atomic mass is 9.37. The van der Waals surface area contributed by atoms with Crippen LogP contribution in [-0.4, -0.2) is 78.4 Å². The lowest BCUT2D eigenvalue weighted by molar-refractivity contribution is -0.246. The Hall–Kier alpha value is -0.770. The van der Waals surface area contributed by atoms with Crippen molar-refractivity contribution in [2.45, 2.75) is 149 Å². The standard InChI is InChI=1S/C37H62O8/c1-21(2)16-29(40)45-28-12-13-33(5)25-11-14-36-19-37(36,35(25,7)27(39)18-26(33)32(28,3)4)15-10-23(36)22-17-24(44-31(22)42-8)30(41)34(6,20-38)43-9/h21-28,30-31,38-39,41H,10-20H2,1-9H3/t22-,23-,24+,25+,26-,27+,28+,30?,31+,33+,34?,35-,36+,37+/m0/s1. The quantitative estimate of drug-likeness (QED) is 0.286. The summed E-state index contributed by atoms with van der Waals surface area (Å²) in [5.74, 6) is 1.45. The Kier molecular flexibility index (Phi) is 8.43. The Morgan fingerprint density at radius 3 is 2.36 bits per heavy atom. The maximum Gasteiger partial charge on any atom is 0.306 e. The minimum Gasteiger partial charge on any atom is -0.462 e. The van der Waals surface area contributed by atoms with E-state index in [0.29, 0.717) is 24.7 Å². The second kappa shape index (κ2) is 11.1. The molecule has 1 heterocycles. The number of aliphatic hydroxyl groups excluding tert-OH is 3. The van der Waals surface area contributed by atoms with Crippen molar-refractivity contribution in [3.05, 3.63) is 0 Å². The maximum atomic E-state index is 12.8. The number of carbonyl (C=O) groups is 1. The van der Waals surface area contributed by atoms with Crippen LogP contribution in [0.25, 0.3) is 0 Å². The Morgan fingerprint density at radius 1 is 1.02 bits per heavy atom. The number of methoxy groups -OCH3 is 2. The zero-order chi connectivity index (χ0) is 33.0. The van der Waals surface area contributed by atoms with Gasteiger partial charge in [-0.3, -0.25) is 4.79 Å². The molecule has 45 heavy (non-hydrogen) atoms. The highest BCUT2D eigenvalue weighted by Gasteiger charge is 2.86. The van der Waals surface area contributed by atoms with Gasteiger partial charge in [0.2, 0.25) is 0 Å². The van der Waals surface area contributed by atoms with Crippen molar-refractivity contribution in [3.63, 3.8) is 0 Å². The van der Waals surface area contributed by atoms with Gasteiger partial charge in [0.05, 0.1) is 18.8 Å². The predicted molar refractivity (Wildman–Crippen MR) is 170 cm³/mol. The van der Waals surface area contributed by atoms with Crippen molar-refractivity contribution in [2.75, 3.05) is 20.8 Å². The van der Waals surface area contributed by atoms with Crippen LogP contribution in [0.1, 0.15) is 113 Å². The van der Waals surface area contributed by atoms with Crippen LogP contribution in [0, 0.1) is 56.7 Å². The number of hydrogen-bond acceptors (Lipinski definition) is 8. The molecule has 0 aromatic carbocycles. The molecule has 1 aliphatic heterocycles. The van der Waals surface area contributed by atoms with E-state index >= 15 is 0 Å². The zero-order valence-corrected chi connectivity index (χ0v) is 29.4. The Bertz CT molecular complexity index is 1140. The summed E-state index contributed by atoms with van der Waals surface area (Å²) < 4.78 is 24.0. The van der Waals surface area contributed by atoms with Gasteiger partial charge in [-0.1, -0.05) is 41.5 Å². The maximum absolute atomic E-state index is 12.8. The third kappa shape index (κ3) is 4.54. The molecule has 0 spiro atoms. The number of ether oxygens (including phenoxy) is 4. The fourth-order valence-corrected chi connectivity index (χ4v) is 13.2. The Labute approximate surface area is 271 Å². The molecule has 8 nitrogen and oxygen atoms in total. The smallest absolute Gasteiger partial charge is 0.306 e. The minimum absolute atomic E-state index is 0.0790. The number of aliphatic hydroxyl groups is 3.